The minimum Gasteiger partial charge on any atom is -0.378 e. The van der Waals surface area contributed by atoms with Crippen molar-refractivity contribution in [2.24, 2.45) is 5.41 Å². The molecular weight excluding hydrogens is 268 g/mol. The Morgan fingerprint density at radius 2 is 2.24 bits per heavy atom. The Balaban J connectivity index is 1.51. The Bertz CT molecular complexity index is 363. The van der Waals surface area contributed by atoms with Gasteiger partial charge in [0.2, 0.25) is 5.91 Å². The number of carbonyl (C=O) groups is 1. The number of rotatable bonds is 5. The van der Waals surface area contributed by atoms with Gasteiger partial charge < -0.3 is 20.1 Å². The van der Waals surface area contributed by atoms with Gasteiger partial charge in [0.1, 0.15) is 0 Å². The molecule has 1 spiro atoms. The molecule has 2 aliphatic carbocycles. The van der Waals surface area contributed by atoms with Gasteiger partial charge in [-0.2, -0.15) is 0 Å². The molecule has 21 heavy (non-hydrogen) atoms. The van der Waals surface area contributed by atoms with Gasteiger partial charge in [0, 0.05) is 37.1 Å². The van der Waals surface area contributed by atoms with Crippen LogP contribution in [0.3, 0.4) is 0 Å². The van der Waals surface area contributed by atoms with Crippen molar-refractivity contribution in [3.05, 3.63) is 0 Å². The van der Waals surface area contributed by atoms with Crippen molar-refractivity contribution in [2.75, 3.05) is 26.4 Å². The minimum atomic E-state index is 0.157. The highest BCUT2D eigenvalue weighted by atomic mass is 16.5. The summed E-state index contributed by atoms with van der Waals surface area (Å²) in [5, 5.41) is 6.61. The maximum Gasteiger partial charge on any atom is 0.221 e. The zero-order chi connectivity index (χ0) is 14.7. The summed E-state index contributed by atoms with van der Waals surface area (Å²) in [6, 6.07) is 0.481. The van der Waals surface area contributed by atoms with E-state index in [4.69, 9.17) is 9.47 Å². The summed E-state index contributed by atoms with van der Waals surface area (Å²) >= 11 is 0. The van der Waals surface area contributed by atoms with Crippen LogP contribution in [0.5, 0.6) is 0 Å². The van der Waals surface area contributed by atoms with E-state index < -0.39 is 0 Å². The van der Waals surface area contributed by atoms with Gasteiger partial charge >= 0.3 is 0 Å². The molecule has 1 aliphatic heterocycles. The van der Waals surface area contributed by atoms with Gasteiger partial charge in [-0.25, -0.2) is 0 Å². The third kappa shape index (κ3) is 3.10. The van der Waals surface area contributed by atoms with Crippen molar-refractivity contribution >= 4 is 5.91 Å². The fraction of sp³-hybridized carbons (Fsp3) is 0.938. The molecule has 3 fully saturated rings. The standard InChI is InChI=1S/C16H28N2O3/c1-2-21-14-10-13(16(14)5-3-4-6-16)18-15(19)9-12-11-20-8-7-17-12/h12-14,17H,2-11H2,1H3,(H,18,19). The number of hydrogen-bond donors (Lipinski definition) is 2. The van der Waals surface area contributed by atoms with Crippen molar-refractivity contribution in [1.29, 1.82) is 0 Å². The third-order valence-corrected chi connectivity index (χ3v) is 5.45. The molecule has 2 saturated carbocycles. The van der Waals surface area contributed by atoms with E-state index in [1.807, 2.05) is 0 Å². The fourth-order valence-corrected chi connectivity index (χ4v) is 4.32. The van der Waals surface area contributed by atoms with Crippen molar-refractivity contribution < 1.29 is 14.3 Å². The molecule has 5 nitrogen and oxygen atoms in total. The van der Waals surface area contributed by atoms with Crippen molar-refractivity contribution in [3.63, 3.8) is 0 Å². The van der Waals surface area contributed by atoms with E-state index in [9.17, 15) is 4.79 Å². The van der Waals surface area contributed by atoms with Crippen LogP contribution in [0, 0.1) is 5.41 Å². The van der Waals surface area contributed by atoms with Crippen LogP contribution in [0.4, 0.5) is 0 Å². The number of hydrogen-bond acceptors (Lipinski definition) is 4. The Labute approximate surface area is 127 Å². The summed E-state index contributed by atoms with van der Waals surface area (Å²) in [7, 11) is 0. The summed E-state index contributed by atoms with van der Waals surface area (Å²) in [4.78, 5) is 12.3. The van der Waals surface area contributed by atoms with Crippen LogP contribution in [0.15, 0.2) is 0 Å². The van der Waals surface area contributed by atoms with E-state index in [0.29, 0.717) is 25.2 Å². The van der Waals surface area contributed by atoms with E-state index >= 15 is 0 Å². The quantitative estimate of drug-likeness (QED) is 0.801. The fourth-order valence-electron chi connectivity index (χ4n) is 4.32. The first-order valence-corrected chi connectivity index (χ1v) is 8.46. The molecule has 3 atom stereocenters. The lowest BCUT2D eigenvalue weighted by molar-refractivity contribution is -0.144. The largest absolute Gasteiger partial charge is 0.378 e. The van der Waals surface area contributed by atoms with E-state index in [1.54, 1.807) is 0 Å². The Morgan fingerprint density at radius 3 is 2.90 bits per heavy atom. The maximum absolute atomic E-state index is 12.3. The molecule has 1 amide bonds. The average Bonchev–Trinajstić information content (AvgIpc) is 3.00. The molecule has 5 heteroatoms. The Kier molecular flexibility index (Phi) is 4.82. The van der Waals surface area contributed by atoms with E-state index in [0.717, 1.165) is 26.2 Å². The van der Waals surface area contributed by atoms with Crippen LogP contribution in [0.1, 0.15) is 45.4 Å². The second-order valence-corrected chi connectivity index (χ2v) is 6.67. The number of ether oxygens (including phenoxy) is 2. The third-order valence-electron chi connectivity index (χ3n) is 5.45. The summed E-state index contributed by atoms with van der Waals surface area (Å²) in [6.07, 6.45) is 6.80. The van der Waals surface area contributed by atoms with Gasteiger partial charge in [0.05, 0.1) is 19.3 Å². The number of morpholine rings is 1. The van der Waals surface area contributed by atoms with Crippen LogP contribution in [-0.2, 0) is 14.3 Å². The highest BCUT2D eigenvalue weighted by molar-refractivity contribution is 5.77. The summed E-state index contributed by atoms with van der Waals surface area (Å²) in [5.74, 6) is 0.157. The Morgan fingerprint density at radius 1 is 1.43 bits per heavy atom. The molecule has 3 aliphatic rings. The highest BCUT2D eigenvalue weighted by Gasteiger charge is 2.57. The number of carbonyl (C=O) groups excluding carboxylic acids is 1. The van der Waals surface area contributed by atoms with Crippen LogP contribution in [-0.4, -0.2) is 50.5 Å². The van der Waals surface area contributed by atoms with E-state index in [-0.39, 0.29) is 17.4 Å². The van der Waals surface area contributed by atoms with Gasteiger partial charge in [0.25, 0.3) is 0 Å². The summed E-state index contributed by atoms with van der Waals surface area (Å²) in [6.45, 7) is 5.07. The summed E-state index contributed by atoms with van der Waals surface area (Å²) < 4.78 is 11.3. The zero-order valence-corrected chi connectivity index (χ0v) is 13.0. The maximum atomic E-state index is 12.3. The number of nitrogens with one attached hydrogen (secondary N) is 2. The molecule has 1 heterocycles. The molecular formula is C16H28N2O3. The van der Waals surface area contributed by atoms with Crippen molar-refractivity contribution in [2.45, 2.75) is 63.6 Å². The van der Waals surface area contributed by atoms with Crippen LogP contribution in [0.2, 0.25) is 0 Å². The molecule has 0 aromatic carbocycles. The Hall–Kier alpha value is -0.650. The SMILES string of the molecule is CCOC1CC(NC(=O)CC2COCCN2)C12CCCC2. The van der Waals surface area contributed by atoms with Crippen LogP contribution >= 0.6 is 0 Å². The molecule has 3 rings (SSSR count). The average molecular weight is 296 g/mol. The van der Waals surface area contributed by atoms with Crippen molar-refractivity contribution in [1.82, 2.24) is 10.6 Å². The molecule has 0 radical (unpaired) electrons. The van der Waals surface area contributed by atoms with Gasteiger partial charge in [-0.3, -0.25) is 4.79 Å². The van der Waals surface area contributed by atoms with Gasteiger partial charge in [-0.15, -0.1) is 0 Å². The first kappa shape index (κ1) is 15.3. The van der Waals surface area contributed by atoms with Crippen LogP contribution < -0.4 is 10.6 Å². The second-order valence-electron chi connectivity index (χ2n) is 6.67. The normalized spacial score (nSPS) is 34.6. The predicted octanol–water partition coefficient (Wildman–Crippen LogP) is 1.22. The molecule has 0 aromatic rings. The summed E-state index contributed by atoms with van der Waals surface area (Å²) in [5.41, 5.74) is 0.224. The lowest BCUT2D eigenvalue weighted by Crippen LogP contribution is -2.64. The molecule has 0 aromatic heterocycles. The lowest BCUT2D eigenvalue weighted by Gasteiger charge is -2.54. The first-order valence-electron chi connectivity index (χ1n) is 8.46. The predicted molar refractivity (Wildman–Crippen MR) is 80.1 cm³/mol. The van der Waals surface area contributed by atoms with E-state index in [1.165, 1.54) is 25.7 Å². The molecule has 2 N–H and O–H groups in total. The van der Waals surface area contributed by atoms with Gasteiger partial charge in [-0.1, -0.05) is 12.8 Å². The van der Waals surface area contributed by atoms with Crippen molar-refractivity contribution in [3.8, 4) is 0 Å². The highest BCUT2D eigenvalue weighted by Crippen LogP contribution is 2.54. The smallest absolute Gasteiger partial charge is 0.221 e. The minimum absolute atomic E-state index is 0.157. The van der Waals surface area contributed by atoms with E-state index in [2.05, 4.69) is 17.6 Å². The van der Waals surface area contributed by atoms with Crippen LogP contribution in [0.25, 0.3) is 0 Å². The van der Waals surface area contributed by atoms with Gasteiger partial charge in [-0.05, 0) is 26.2 Å². The first-order chi connectivity index (χ1) is 10.2. The molecule has 3 unspecified atom stereocenters. The molecule has 1 saturated heterocycles. The molecule has 0 bridgehead atoms. The topological polar surface area (TPSA) is 59.6 Å². The zero-order valence-electron chi connectivity index (χ0n) is 13.0. The van der Waals surface area contributed by atoms with Gasteiger partial charge in [0.15, 0.2) is 0 Å². The number of amides is 1. The second kappa shape index (κ2) is 6.63. The molecule has 120 valence electrons. The monoisotopic (exact) mass is 296 g/mol. The lowest BCUT2D eigenvalue weighted by atomic mass is 9.60.